The van der Waals surface area contributed by atoms with Gasteiger partial charge in [0.25, 0.3) is 6.47 Å². The molecule has 1 aromatic heterocycles. The minimum Gasteiger partial charge on any atom is -0.462 e. The number of nitrogens with zero attached hydrogens (tertiary/aromatic N) is 2. The van der Waals surface area contributed by atoms with E-state index < -0.39 is 0 Å². The molecule has 1 aromatic rings. The largest absolute Gasteiger partial charge is 0.462 e. The Kier molecular flexibility index (Phi) is 9.81. The summed E-state index contributed by atoms with van der Waals surface area (Å²) < 4.78 is 9.09. The van der Waals surface area contributed by atoms with Crippen molar-refractivity contribution in [1.82, 2.24) is 4.98 Å². The maximum Gasteiger partial charge on any atom is 0.293 e. The number of hydrogen-bond acceptors (Lipinski definition) is 6. The van der Waals surface area contributed by atoms with Gasteiger partial charge in [-0.2, -0.15) is 0 Å². The van der Waals surface area contributed by atoms with Gasteiger partial charge in [0.05, 0.1) is 0 Å². The highest BCUT2D eigenvalue weighted by molar-refractivity contribution is 5.79. The molecule has 0 saturated carbocycles. The summed E-state index contributed by atoms with van der Waals surface area (Å²) in [6, 6.07) is 1.95. The molecule has 0 atom stereocenters. The van der Waals surface area contributed by atoms with Gasteiger partial charge in [0, 0.05) is 44.8 Å². The van der Waals surface area contributed by atoms with E-state index in [1.807, 2.05) is 40.8 Å². The Labute approximate surface area is 138 Å². The summed E-state index contributed by atoms with van der Waals surface area (Å²) in [4.78, 5) is 26.3. The highest BCUT2D eigenvalue weighted by Crippen LogP contribution is 2.26. The number of fused-ring (bicyclic) bond motifs is 1. The average molecular weight is 324 g/mol. The fourth-order valence-corrected chi connectivity index (χ4v) is 1.76. The number of anilines is 1. The zero-order valence-electron chi connectivity index (χ0n) is 15.0. The molecular weight excluding hydrogens is 296 g/mol. The lowest BCUT2D eigenvalue weighted by Gasteiger charge is -2.14. The molecule has 6 heteroatoms. The SMILES string of the molecule is CC(C)(C)OC=O.CCOC.CN1CCc2c1ccnc2C=O. The molecule has 0 radical (unpaired) electrons. The summed E-state index contributed by atoms with van der Waals surface area (Å²) >= 11 is 0. The zero-order valence-corrected chi connectivity index (χ0v) is 15.0. The summed E-state index contributed by atoms with van der Waals surface area (Å²) in [5.74, 6) is 0. The number of pyridine rings is 1. The lowest BCUT2D eigenvalue weighted by molar-refractivity contribution is -0.138. The number of carbonyl (C=O) groups is 2. The third-order valence-corrected chi connectivity index (χ3v) is 2.97. The second kappa shape index (κ2) is 10.7. The van der Waals surface area contributed by atoms with Crippen LogP contribution in [0.15, 0.2) is 12.3 Å². The van der Waals surface area contributed by atoms with Crippen molar-refractivity contribution in [3.63, 3.8) is 0 Å². The van der Waals surface area contributed by atoms with Crippen LogP contribution in [0.4, 0.5) is 5.69 Å². The fourth-order valence-electron chi connectivity index (χ4n) is 1.76. The van der Waals surface area contributed by atoms with Crippen molar-refractivity contribution in [3.8, 4) is 0 Å². The van der Waals surface area contributed by atoms with E-state index >= 15 is 0 Å². The molecule has 0 aromatic carbocycles. The number of likely N-dealkylation sites (N-methyl/N-ethyl adjacent to an activating group) is 1. The van der Waals surface area contributed by atoms with Crippen LogP contribution in [0.1, 0.15) is 43.7 Å². The predicted octanol–water partition coefficient (Wildman–Crippen LogP) is 2.50. The molecule has 2 rings (SSSR count). The molecule has 0 unspecified atom stereocenters. The second-order valence-electron chi connectivity index (χ2n) is 5.89. The van der Waals surface area contributed by atoms with Crippen LogP contribution in [0.5, 0.6) is 0 Å². The van der Waals surface area contributed by atoms with Gasteiger partial charge < -0.3 is 14.4 Å². The first kappa shape index (κ1) is 21.0. The van der Waals surface area contributed by atoms with Crippen molar-refractivity contribution in [2.45, 2.75) is 39.7 Å². The topological polar surface area (TPSA) is 68.7 Å². The Bertz CT molecular complexity index is 482. The molecule has 0 fully saturated rings. The van der Waals surface area contributed by atoms with Crippen LogP contribution in [0, 0.1) is 0 Å². The van der Waals surface area contributed by atoms with E-state index in [0.29, 0.717) is 12.2 Å². The Morgan fingerprint density at radius 1 is 1.35 bits per heavy atom. The molecule has 0 amide bonds. The van der Waals surface area contributed by atoms with Gasteiger partial charge in [-0.05, 0) is 40.2 Å². The molecular formula is C17H28N2O4. The minimum absolute atomic E-state index is 0.318. The maximum absolute atomic E-state index is 10.6. The molecule has 2 heterocycles. The minimum atomic E-state index is -0.318. The summed E-state index contributed by atoms with van der Waals surface area (Å²) in [6.45, 7) is 9.69. The number of aromatic nitrogens is 1. The number of aldehydes is 1. The quantitative estimate of drug-likeness (QED) is 0.796. The van der Waals surface area contributed by atoms with Gasteiger partial charge in [-0.3, -0.25) is 14.6 Å². The molecule has 0 N–H and O–H groups in total. The van der Waals surface area contributed by atoms with E-state index in [1.54, 1.807) is 13.3 Å². The summed E-state index contributed by atoms with van der Waals surface area (Å²) in [7, 11) is 3.71. The van der Waals surface area contributed by atoms with Gasteiger partial charge in [-0.15, -0.1) is 0 Å². The highest BCUT2D eigenvalue weighted by atomic mass is 16.5. The normalized spacial score (nSPS) is 12.2. The third-order valence-electron chi connectivity index (χ3n) is 2.97. The van der Waals surface area contributed by atoms with E-state index in [0.717, 1.165) is 37.1 Å². The first-order valence-electron chi connectivity index (χ1n) is 7.55. The lowest BCUT2D eigenvalue weighted by atomic mass is 10.1. The molecule has 1 aliphatic heterocycles. The van der Waals surface area contributed by atoms with Crippen LogP contribution in [0.25, 0.3) is 0 Å². The van der Waals surface area contributed by atoms with Gasteiger partial charge in [0.2, 0.25) is 0 Å². The monoisotopic (exact) mass is 324 g/mol. The molecule has 0 spiro atoms. The molecule has 6 nitrogen and oxygen atoms in total. The van der Waals surface area contributed by atoms with Gasteiger partial charge in [0.15, 0.2) is 6.29 Å². The first-order valence-corrected chi connectivity index (χ1v) is 7.55. The molecule has 0 aliphatic carbocycles. The van der Waals surface area contributed by atoms with Crippen LogP contribution in [-0.4, -0.2) is 50.7 Å². The van der Waals surface area contributed by atoms with Crippen molar-refractivity contribution < 1.29 is 19.1 Å². The maximum atomic E-state index is 10.6. The number of rotatable bonds is 3. The van der Waals surface area contributed by atoms with E-state index in [2.05, 4.69) is 19.4 Å². The van der Waals surface area contributed by atoms with Crippen LogP contribution in [-0.2, 0) is 20.7 Å². The van der Waals surface area contributed by atoms with E-state index in [4.69, 9.17) is 0 Å². The van der Waals surface area contributed by atoms with Gasteiger partial charge in [0.1, 0.15) is 11.3 Å². The fraction of sp³-hybridized carbons (Fsp3) is 0.588. The zero-order chi connectivity index (χ0) is 17.9. The second-order valence-corrected chi connectivity index (χ2v) is 5.89. The van der Waals surface area contributed by atoms with Crippen LogP contribution in [0.2, 0.25) is 0 Å². The molecule has 23 heavy (non-hydrogen) atoms. The van der Waals surface area contributed by atoms with Crippen LogP contribution >= 0.6 is 0 Å². The van der Waals surface area contributed by atoms with Gasteiger partial charge >= 0.3 is 0 Å². The van der Waals surface area contributed by atoms with Crippen molar-refractivity contribution >= 4 is 18.4 Å². The Morgan fingerprint density at radius 2 is 1.96 bits per heavy atom. The first-order chi connectivity index (χ1) is 10.8. The average Bonchev–Trinajstić information content (AvgIpc) is 2.88. The van der Waals surface area contributed by atoms with Crippen molar-refractivity contribution in [3.05, 3.63) is 23.5 Å². The number of ether oxygens (including phenoxy) is 2. The highest BCUT2D eigenvalue weighted by Gasteiger charge is 2.18. The summed E-state index contributed by atoms with van der Waals surface area (Å²) in [5, 5.41) is 0. The van der Waals surface area contributed by atoms with Gasteiger partial charge in [-0.1, -0.05) is 0 Å². The molecule has 1 aliphatic rings. The lowest BCUT2D eigenvalue weighted by Crippen LogP contribution is -2.17. The summed E-state index contributed by atoms with van der Waals surface area (Å²) in [5.41, 5.74) is 2.51. The third kappa shape index (κ3) is 8.30. The Morgan fingerprint density at radius 3 is 2.35 bits per heavy atom. The van der Waals surface area contributed by atoms with Crippen molar-refractivity contribution in [2.24, 2.45) is 0 Å². The van der Waals surface area contributed by atoms with Crippen LogP contribution in [0.3, 0.4) is 0 Å². The molecule has 0 saturated heterocycles. The van der Waals surface area contributed by atoms with E-state index in [-0.39, 0.29) is 5.60 Å². The van der Waals surface area contributed by atoms with Crippen LogP contribution < -0.4 is 4.90 Å². The summed E-state index contributed by atoms with van der Waals surface area (Å²) in [6.07, 6.45) is 3.45. The molecule has 0 bridgehead atoms. The Balaban J connectivity index is 0.000000377. The number of hydrogen-bond donors (Lipinski definition) is 0. The van der Waals surface area contributed by atoms with Crippen molar-refractivity contribution in [1.29, 1.82) is 0 Å². The number of carbonyl (C=O) groups excluding carboxylic acids is 2. The van der Waals surface area contributed by atoms with E-state index in [9.17, 15) is 9.59 Å². The standard InChI is InChI=1S/C9H10N2O.C5H10O2.C3H8O/c1-11-5-3-7-8(6-12)10-4-2-9(7)11;1-5(2,3)7-4-6;1-3-4-2/h2,4,6H,3,5H2,1H3;4H,1-3H3;3H2,1-2H3. The smallest absolute Gasteiger partial charge is 0.293 e. The van der Waals surface area contributed by atoms with Gasteiger partial charge in [-0.25, -0.2) is 0 Å². The molecule has 130 valence electrons. The number of methoxy groups -OCH3 is 1. The predicted molar refractivity (Wildman–Crippen MR) is 91.1 cm³/mol. The Hall–Kier alpha value is -1.95. The van der Waals surface area contributed by atoms with E-state index in [1.165, 1.54) is 0 Å². The van der Waals surface area contributed by atoms with Crippen molar-refractivity contribution in [2.75, 3.05) is 32.2 Å².